The second-order valence-electron chi connectivity index (χ2n) is 2.49. The lowest BCUT2D eigenvalue weighted by Crippen LogP contribution is -2.16. The van der Waals surface area contributed by atoms with Crippen LogP contribution in [0.3, 0.4) is 0 Å². The van der Waals surface area contributed by atoms with Crippen LogP contribution in [0.15, 0.2) is 41.6 Å². The van der Waals surface area contributed by atoms with Crippen molar-refractivity contribution in [3.05, 3.63) is 36.7 Å². The minimum atomic E-state index is -3.44. The average Bonchev–Trinajstić information content (AvgIpc) is 2.26. The number of benzene rings is 1. The second-order valence-corrected chi connectivity index (χ2v) is 4.17. The summed E-state index contributed by atoms with van der Waals surface area (Å²) in [6, 6.07) is 6.45. The van der Waals surface area contributed by atoms with Crippen molar-refractivity contribution in [3.63, 3.8) is 0 Å². The van der Waals surface area contributed by atoms with Gasteiger partial charge in [0.15, 0.2) is 0 Å². The van der Waals surface area contributed by atoms with Crippen LogP contribution >= 0.6 is 0 Å². The molecule has 0 bridgehead atoms. The van der Waals surface area contributed by atoms with E-state index in [1.807, 2.05) is 0 Å². The van der Waals surface area contributed by atoms with E-state index in [-0.39, 0.29) is 4.90 Å². The fourth-order valence-electron chi connectivity index (χ4n) is 1.06. The predicted molar refractivity (Wildman–Crippen MR) is 46.5 cm³/mol. The van der Waals surface area contributed by atoms with E-state index < -0.39 is 10.0 Å². The van der Waals surface area contributed by atoms with Crippen LogP contribution in [0.4, 0.5) is 0 Å². The highest BCUT2D eigenvalue weighted by atomic mass is 32.2. The molecule has 0 fully saturated rings. The molecule has 0 atom stereocenters. The Hall–Kier alpha value is -1.49. The van der Waals surface area contributed by atoms with E-state index in [2.05, 4.69) is 4.72 Å². The van der Waals surface area contributed by atoms with Crippen LogP contribution in [0.5, 0.6) is 5.75 Å². The smallest absolute Gasteiger partial charge is 0.265 e. The summed E-state index contributed by atoms with van der Waals surface area (Å²) in [5.74, 6) is 0.337. The Balaban J connectivity index is 2.68. The van der Waals surface area contributed by atoms with Gasteiger partial charge < -0.3 is 4.74 Å². The molecular weight excluding hydrogens is 190 g/mol. The zero-order valence-electron chi connectivity index (χ0n) is 6.60. The van der Waals surface area contributed by atoms with Crippen LogP contribution in [0, 0.1) is 0 Å². The first-order valence-corrected chi connectivity index (χ1v) is 5.11. The zero-order chi connectivity index (χ0) is 9.31. The van der Waals surface area contributed by atoms with E-state index in [1.165, 1.54) is 18.5 Å². The van der Waals surface area contributed by atoms with Gasteiger partial charge in [-0.2, -0.15) is 0 Å². The predicted octanol–water partition coefficient (Wildman–Crippen LogP) is 0.829. The molecule has 0 radical (unpaired) electrons. The van der Waals surface area contributed by atoms with Gasteiger partial charge in [-0.3, -0.25) is 4.72 Å². The van der Waals surface area contributed by atoms with Gasteiger partial charge in [0, 0.05) is 6.20 Å². The van der Waals surface area contributed by atoms with Crippen molar-refractivity contribution in [1.82, 2.24) is 4.72 Å². The van der Waals surface area contributed by atoms with Crippen molar-refractivity contribution in [2.24, 2.45) is 0 Å². The third-order valence-electron chi connectivity index (χ3n) is 1.62. The van der Waals surface area contributed by atoms with E-state index in [0.717, 1.165) is 0 Å². The van der Waals surface area contributed by atoms with E-state index >= 15 is 0 Å². The van der Waals surface area contributed by atoms with Crippen molar-refractivity contribution in [3.8, 4) is 5.75 Å². The molecule has 0 unspecified atom stereocenters. The van der Waals surface area contributed by atoms with Crippen LogP contribution in [0.2, 0.25) is 0 Å². The lowest BCUT2D eigenvalue weighted by atomic mass is 10.3. The third-order valence-corrected chi connectivity index (χ3v) is 2.99. The van der Waals surface area contributed by atoms with Crippen LogP contribution in [-0.4, -0.2) is 8.42 Å². The van der Waals surface area contributed by atoms with Gasteiger partial charge in [-0.05, 0) is 12.1 Å². The largest absolute Gasteiger partial charge is 0.462 e. The van der Waals surface area contributed by atoms with Crippen LogP contribution in [0.25, 0.3) is 0 Å². The summed E-state index contributed by atoms with van der Waals surface area (Å²) < 4.78 is 30.2. The normalized spacial score (nSPS) is 17.8. The van der Waals surface area contributed by atoms with E-state index in [0.29, 0.717) is 5.75 Å². The highest BCUT2D eigenvalue weighted by Crippen LogP contribution is 2.24. The summed E-state index contributed by atoms with van der Waals surface area (Å²) in [4.78, 5) is 0.153. The molecule has 0 saturated heterocycles. The first kappa shape index (κ1) is 8.12. The standard InChI is InChI=1S/C8H7NO3S/c10-13(11)8-4-2-1-3-7(8)12-6-5-9-13/h1-6,9H. The number of fused-ring (bicyclic) bond motifs is 1. The summed E-state index contributed by atoms with van der Waals surface area (Å²) in [5, 5.41) is 0. The molecule has 5 heteroatoms. The average molecular weight is 197 g/mol. The lowest BCUT2D eigenvalue weighted by Gasteiger charge is -2.04. The Morgan fingerprint density at radius 1 is 1.23 bits per heavy atom. The summed E-state index contributed by atoms with van der Waals surface area (Å²) in [6.07, 6.45) is 2.54. The first-order valence-electron chi connectivity index (χ1n) is 3.63. The molecule has 68 valence electrons. The number of sulfonamides is 1. The molecule has 0 spiro atoms. The molecular formula is C8H7NO3S. The Labute approximate surface area is 75.9 Å². The molecule has 13 heavy (non-hydrogen) atoms. The van der Waals surface area contributed by atoms with Crippen molar-refractivity contribution in [2.45, 2.75) is 4.90 Å². The van der Waals surface area contributed by atoms with Gasteiger partial charge >= 0.3 is 0 Å². The summed E-state index contributed by atoms with van der Waals surface area (Å²) in [6.45, 7) is 0. The number of para-hydroxylation sites is 1. The molecule has 0 aliphatic carbocycles. The molecule has 0 aromatic heterocycles. The molecule has 0 amide bonds. The fraction of sp³-hybridized carbons (Fsp3) is 0. The highest BCUT2D eigenvalue weighted by Gasteiger charge is 2.19. The Kier molecular flexibility index (Phi) is 1.73. The number of nitrogens with one attached hydrogen (secondary N) is 1. The number of rotatable bonds is 0. The molecule has 1 aromatic carbocycles. The minimum absolute atomic E-state index is 0.153. The van der Waals surface area contributed by atoms with Crippen LogP contribution in [0.1, 0.15) is 0 Å². The van der Waals surface area contributed by atoms with Crippen molar-refractivity contribution in [2.75, 3.05) is 0 Å². The SMILES string of the molecule is O=S1(=O)NC=COc2ccccc21. The van der Waals surface area contributed by atoms with E-state index in [9.17, 15) is 8.42 Å². The first-order chi connectivity index (χ1) is 6.20. The zero-order valence-corrected chi connectivity index (χ0v) is 7.41. The molecule has 1 aromatic rings. The molecule has 1 aliphatic rings. The van der Waals surface area contributed by atoms with Gasteiger partial charge in [0.2, 0.25) is 0 Å². The van der Waals surface area contributed by atoms with Crippen molar-refractivity contribution < 1.29 is 13.2 Å². The maximum atomic E-state index is 11.5. The van der Waals surface area contributed by atoms with Gasteiger partial charge in [-0.15, -0.1) is 0 Å². The Morgan fingerprint density at radius 3 is 2.85 bits per heavy atom. The topological polar surface area (TPSA) is 55.4 Å². The molecule has 1 heterocycles. The van der Waals surface area contributed by atoms with Gasteiger partial charge in [-0.25, -0.2) is 8.42 Å². The van der Waals surface area contributed by atoms with Crippen LogP contribution in [-0.2, 0) is 10.0 Å². The van der Waals surface area contributed by atoms with Gasteiger partial charge in [0.05, 0.1) is 0 Å². The number of hydrogen-bond acceptors (Lipinski definition) is 3. The van der Waals surface area contributed by atoms with E-state index in [4.69, 9.17) is 4.74 Å². The maximum absolute atomic E-state index is 11.5. The summed E-state index contributed by atoms with van der Waals surface area (Å²) in [7, 11) is -3.44. The fourth-order valence-corrected chi connectivity index (χ4v) is 2.06. The minimum Gasteiger partial charge on any atom is -0.462 e. The van der Waals surface area contributed by atoms with Gasteiger partial charge in [0.25, 0.3) is 10.0 Å². The third kappa shape index (κ3) is 1.38. The molecule has 4 nitrogen and oxygen atoms in total. The quantitative estimate of drug-likeness (QED) is 0.670. The highest BCUT2D eigenvalue weighted by molar-refractivity contribution is 7.89. The summed E-state index contributed by atoms with van der Waals surface area (Å²) >= 11 is 0. The molecule has 1 N–H and O–H groups in total. The second kappa shape index (κ2) is 2.77. The monoisotopic (exact) mass is 197 g/mol. The van der Waals surface area contributed by atoms with Crippen molar-refractivity contribution in [1.29, 1.82) is 0 Å². The maximum Gasteiger partial charge on any atom is 0.265 e. The molecule has 0 saturated carbocycles. The Bertz CT molecular complexity index is 450. The van der Waals surface area contributed by atoms with Crippen molar-refractivity contribution >= 4 is 10.0 Å². The number of hydrogen-bond donors (Lipinski definition) is 1. The van der Waals surface area contributed by atoms with Gasteiger partial charge in [0.1, 0.15) is 16.9 Å². The number of ether oxygens (including phenoxy) is 1. The Morgan fingerprint density at radius 2 is 2.00 bits per heavy atom. The molecule has 2 rings (SSSR count). The van der Waals surface area contributed by atoms with Gasteiger partial charge in [-0.1, -0.05) is 12.1 Å². The summed E-state index contributed by atoms with van der Waals surface area (Å²) in [5.41, 5.74) is 0. The van der Waals surface area contributed by atoms with E-state index in [1.54, 1.807) is 18.2 Å². The van der Waals surface area contributed by atoms with Crippen LogP contribution < -0.4 is 9.46 Å². The lowest BCUT2D eigenvalue weighted by molar-refractivity contribution is 0.468. The molecule has 1 aliphatic heterocycles.